The van der Waals surface area contributed by atoms with Crippen LogP contribution in [0.15, 0.2) is 4.99 Å². The predicted molar refractivity (Wildman–Crippen MR) is 38.5 cm³/mol. The predicted octanol–water partition coefficient (Wildman–Crippen LogP) is 0.654. The van der Waals surface area contributed by atoms with Gasteiger partial charge in [-0.05, 0) is 19.4 Å². The summed E-state index contributed by atoms with van der Waals surface area (Å²) in [6.07, 6.45) is 4.20. The Balaban J connectivity index is 2.33. The number of nitrogens with zero attached hydrogens (tertiary/aromatic N) is 1. The van der Waals surface area contributed by atoms with Gasteiger partial charge in [0.25, 0.3) is 0 Å². The third kappa shape index (κ3) is 1.84. The summed E-state index contributed by atoms with van der Waals surface area (Å²) in [6.45, 7) is 1.04. The van der Waals surface area contributed by atoms with Crippen LogP contribution >= 0.6 is 12.6 Å². The maximum Gasteiger partial charge on any atom is 0.143 e. The van der Waals surface area contributed by atoms with E-state index in [1.165, 1.54) is 6.42 Å². The van der Waals surface area contributed by atoms with Crippen molar-refractivity contribution in [2.75, 3.05) is 6.54 Å². The van der Waals surface area contributed by atoms with Gasteiger partial charge in [-0.1, -0.05) is 0 Å². The smallest absolute Gasteiger partial charge is 0.143 e. The minimum Gasteiger partial charge on any atom is -0.287 e. The van der Waals surface area contributed by atoms with Crippen molar-refractivity contribution in [1.82, 2.24) is 5.32 Å². The third-order valence-corrected chi connectivity index (χ3v) is 1.40. The largest absolute Gasteiger partial charge is 0.287 e. The summed E-state index contributed by atoms with van der Waals surface area (Å²) in [4.78, 5) is 4.05. The second kappa shape index (κ2) is 3.10. The van der Waals surface area contributed by atoms with E-state index < -0.39 is 0 Å². The highest BCUT2D eigenvalue weighted by Gasteiger charge is 1.98. The average Bonchev–Trinajstić information content (AvgIpc) is 1.94. The van der Waals surface area contributed by atoms with Gasteiger partial charge >= 0.3 is 0 Å². The quantitative estimate of drug-likeness (QED) is 0.462. The van der Waals surface area contributed by atoms with Crippen molar-refractivity contribution in [3.05, 3.63) is 0 Å². The highest BCUT2D eigenvalue weighted by atomic mass is 32.1. The Labute approximate surface area is 54.8 Å². The number of aliphatic imine (C=N–C) groups is 1. The SMILES string of the molecule is SC1N=CCCCN1. The number of hydrogen-bond donors (Lipinski definition) is 2. The molecule has 0 aromatic rings. The molecule has 1 N–H and O–H groups in total. The molecule has 0 fully saturated rings. The average molecular weight is 130 g/mol. The number of thiol groups is 1. The van der Waals surface area contributed by atoms with E-state index in [1.807, 2.05) is 6.21 Å². The van der Waals surface area contributed by atoms with Gasteiger partial charge in [0.1, 0.15) is 5.50 Å². The molecule has 0 saturated carbocycles. The van der Waals surface area contributed by atoms with Crippen LogP contribution in [0.5, 0.6) is 0 Å². The minimum absolute atomic E-state index is 0.0394. The van der Waals surface area contributed by atoms with Crippen molar-refractivity contribution < 1.29 is 0 Å². The Morgan fingerprint density at radius 3 is 3.50 bits per heavy atom. The lowest BCUT2D eigenvalue weighted by atomic mass is 10.3. The van der Waals surface area contributed by atoms with Crippen LogP contribution in [0.4, 0.5) is 0 Å². The van der Waals surface area contributed by atoms with Gasteiger partial charge in [-0.25, -0.2) is 0 Å². The van der Waals surface area contributed by atoms with Crippen LogP contribution in [-0.2, 0) is 0 Å². The molecule has 0 aromatic carbocycles. The third-order valence-electron chi connectivity index (χ3n) is 1.08. The van der Waals surface area contributed by atoms with E-state index in [9.17, 15) is 0 Å². The van der Waals surface area contributed by atoms with Crippen molar-refractivity contribution in [3.8, 4) is 0 Å². The lowest BCUT2D eigenvalue weighted by Crippen LogP contribution is -2.20. The topological polar surface area (TPSA) is 24.4 Å². The van der Waals surface area contributed by atoms with Gasteiger partial charge in [-0.3, -0.25) is 10.3 Å². The fourth-order valence-corrected chi connectivity index (χ4v) is 0.875. The Kier molecular flexibility index (Phi) is 2.36. The monoisotopic (exact) mass is 130 g/mol. The van der Waals surface area contributed by atoms with Crippen LogP contribution in [0.1, 0.15) is 12.8 Å². The first kappa shape index (κ1) is 6.11. The summed E-state index contributed by atoms with van der Waals surface area (Å²) in [5.74, 6) is 0. The van der Waals surface area contributed by atoms with E-state index in [-0.39, 0.29) is 5.50 Å². The first-order chi connectivity index (χ1) is 3.89. The highest BCUT2D eigenvalue weighted by Crippen LogP contribution is 1.96. The molecule has 1 heterocycles. The second-order valence-corrected chi connectivity index (χ2v) is 2.29. The zero-order chi connectivity index (χ0) is 5.82. The number of hydrogen-bond acceptors (Lipinski definition) is 3. The first-order valence-electron chi connectivity index (χ1n) is 2.83. The van der Waals surface area contributed by atoms with Gasteiger partial charge in [0, 0.05) is 6.21 Å². The molecule has 0 bridgehead atoms. The van der Waals surface area contributed by atoms with E-state index in [2.05, 4.69) is 22.9 Å². The summed E-state index contributed by atoms with van der Waals surface area (Å²) in [5.41, 5.74) is 0.0394. The summed E-state index contributed by atoms with van der Waals surface area (Å²) in [7, 11) is 0. The molecule has 0 aromatic heterocycles. The zero-order valence-corrected chi connectivity index (χ0v) is 5.56. The van der Waals surface area contributed by atoms with E-state index in [4.69, 9.17) is 0 Å². The van der Waals surface area contributed by atoms with E-state index in [0.717, 1.165) is 13.0 Å². The fourth-order valence-electron chi connectivity index (χ4n) is 0.652. The first-order valence-corrected chi connectivity index (χ1v) is 3.34. The van der Waals surface area contributed by atoms with Crippen LogP contribution in [0.2, 0.25) is 0 Å². The lowest BCUT2D eigenvalue weighted by Gasteiger charge is -2.01. The molecule has 0 amide bonds. The molecule has 46 valence electrons. The van der Waals surface area contributed by atoms with Gasteiger partial charge < -0.3 is 0 Å². The Bertz CT molecular complexity index is 92.4. The van der Waals surface area contributed by atoms with Crippen molar-refractivity contribution in [3.63, 3.8) is 0 Å². The van der Waals surface area contributed by atoms with Crippen molar-refractivity contribution >= 4 is 18.8 Å². The van der Waals surface area contributed by atoms with Gasteiger partial charge in [-0.2, -0.15) is 0 Å². The molecule has 1 aliphatic rings. The molecule has 1 atom stereocenters. The summed E-state index contributed by atoms with van der Waals surface area (Å²) >= 11 is 4.12. The molecule has 8 heavy (non-hydrogen) atoms. The van der Waals surface area contributed by atoms with Gasteiger partial charge in [0.15, 0.2) is 0 Å². The normalized spacial score (nSPS) is 29.9. The molecule has 1 aliphatic heterocycles. The standard InChI is InChI=1S/C5H10N2S/c8-5-6-3-1-2-4-7-5/h3,5,7-8H,1-2,4H2. The molecule has 3 heteroatoms. The zero-order valence-electron chi connectivity index (χ0n) is 4.67. The molecule has 2 nitrogen and oxygen atoms in total. The molecule has 1 unspecified atom stereocenters. The van der Waals surface area contributed by atoms with E-state index in [0.29, 0.717) is 0 Å². The van der Waals surface area contributed by atoms with Crippen LogP contribution in [0, 0.1) is 0 Å². The Hall–Kier alpha value is -0.0200. The van der Waals surface area contributed by atoms with E-state index >= 15 is 0 Å². The summed E-state index contributed by atoms with van der Waals surface area (Å²) in [5, 5.41) is 3.11. The van der Waals surface area contributed by atoms with Gasteiger partial charge in [0.05, 0.1) is 0 Å². The maximum absolute atomic E-state index is 4.12. The minimum atomic E-state index is 0.0394. The lowest BCUT2D eigenvalue weighted by molar-refractivity contribution is 0.669. The van der Waals surface area contributed by atoms with Crippen molar-refractivity contribution in [2.24, 2.45) is 4.99 Å². The van der Waals surface area contributed by atoms with Crippen LogP contribution in [0.3, 0.4) is 0 Å². The van der Waals surface area contributed by atoms with E-state index in [1.54, 1.807) is 0 Å². The maximum atomic E-state index is 4.12. The van der Waals surface area contributed by atoms with Crippen molar-refractivity contribution in [2.45, 2.75) is 18.3 Å². The van der Waals surface area contributed by atoms with Gasteiger partial charge in [-0.15, -0.1) is 12.6 Å². The van der Waals surface area contributed by atoms with Gasteiger partial charge in [0.2, 0.25) is 0 Å². The van der Waals surface area contributed by atoms with Crippen LogP contribution < -0.4 is 5.32 Å². The van der Waals surface area contributed by atoms with Crippen molar-refractivity contribution in [1.29, 1.82) is 0 Å². The molecular formula is C5H10N2S. The number of nitrogens with one attached hydrogen (secondary N) is 1. The molecule has 1 rings (SSSR count). The number of rotatable bonds is 0. The molecule has 0 saturated heterocycles. The molecule has 0 spiro atoms. The highest BCUT2D eigenvalue weighted by molar-refractivity contribution is 7.80. The summed E-state index contributed by atoms with van der Waals surface area (Å²) < 4.78 is 0. The second-order valence-electron chi connectivity index (χ2n) is 1.80. The fraction of sp³-hybridized carbons (Fsp3) is 0.800. The molecule has 0 aliphatic carbocycles. The van der Waals surface area contributed by atoms with Crippen LogP contribution in [-0.4, -0.2) is 18.3 Å². The molecule has 0 radical (unpaired) electrons. The van der Waals surface area contributed by atoms with Crippen LogP contribution in [0.25, 0.3) is 0 Å². The molecular weight excluding hydrogens is 120 g/mol. The Morgan fingerprint density at radius 2 is 2.62 bits per heavy atom. The Morgan fingerprint density at radius 1 is 1.75 bits per heavy atom. The summed E-state index contributed by atoms with van der Waals surface area (Å²) in [6, 6.07) is 0.